The van der Waals surface area contributed by atoms with Crippen LogP contribution in [0.1, 0.15) is 22.4 Å². The van der Waals surface area contributed by atoms with E-state index in [0.717, 1.165) is 39.0 Å². The fraction of sp³-hybridized carbons (Fsp3) is 0.118. The van der Waals surface area contributed by atoms with Crippen molar-refractivity contribution in [2.75, 3.05) is 5.73 Å². The van der Waals surface area contributed by atoms with Gasteiger partial charge in [-0.3, -0.25) is 5.10 Å². The van der Waals surface area contributed by atoms with Crippen LogP contribution in [-0.2, 0) is 6.61 Å². The van der Waals surface area contributed by atoms with E-state index in [1.165, 1.54) is 0 Å². The molecule has 106 valence electrons. The highest BCUT2D eigenvalue weighted by Crippen LogP contribution is 2.23. The van der Waals surface area contributed by atoms with E-state index in [4.69, 9.17) is 10.8 Å². The molecule has 2 aromatic carbocycles. The molecule has 0 aliphatic heterocycles. The highest BCUT2D eigenvalue weighted by Gasteiger charge is 2.05. The number of nitrogens with one attached hydrogen (secondary N) is 1. The minimum absolute atomic E-state index is 0.0445. The van der Waals surface area contributed by atoms with Gasteiger partial charge in [-0.05, 0) is 47.9 Å². The lowest BCUT2D eigenvalue weighted by Gasteiger charge is -2.00. The summed E-state index contributed by atoms with van der Waals surface area (Å²) in [5, 5.41) is 17.5. The zero-order chi connectivity index (χ0) is 14.8. The van der Waals surface area contributed by atoms with E-state index in [2.05, 4.69) is 10.2 Å². The van der Waals surface area contributed by atoms with E-state index in [-0.39, 0.29) is 6.61 Å². The summed E-state index contributed by atoms with van der Waals surface area (Å²) in [5.74, 6) is 0. The van der Waals surface area contributed by atoms with Gasteiger partial charge >= 0.3 is 0 Å². The first kappa shape index (κ1) is 13.4. The number of anilines is 1. The summed E-state index contributed by atoms with van der Waals surface area (Å²) < 4.78 is 0. The van der Waals surface area contributed by atoms with Crippen molar-refractivity contribution in [3.05, 3.63) is 58.8 Å². The summed E-state index contributed by atoms with van der Waals surface area (Å²) in [4.78, 5) is 0. The summed E-state index contributed by atoms with van der Waals surface area (Å²) in [6.45, 7) is 2.02. The number of hydrogen-bond acceptors (Lipinski definition) is 3. The predicted molar refractivity (Wildman–Crippen MR) is 86.5 cm³/mol. The molecule has 0 unspecified atom stereocenters. The molecule has 3 rings (SSSR count). The number of fused-ring (bicyclic) bond motifs is 1. The largest absolute Gasteiger partial charge is 0.398 e. The number of aliphatic hydroxyl groups is 1. The lowest BCUT2D eigenvalue weighted by molar-refractivity contribution is 0.282. The van der Waals surface area contributed by atoms with Crippen LogP contribution in [-0.4, -0.2) is 15.3 Å². The van der Waals surface area contributed by atoms with Crippen LogP contribution in [0.15, 0.2) is 36.4 Å². The molecule has 4 nitrogen and oxygen atoms in total. The van der Waals surface area contributed by atoms with Crippen molar-refractivity contribution in [1.82, 2.24) is 10.2 Å². The maximum atomic E-state index is 9.16. The van der Waals surface area contributed by atoms with Crippen LogP contribution in [0.25, 0.3) is 23.1 Å². The van der Waals surface area contributed by atoms with E-state index in [1.54, 1.807) is 0 Å². The first-order valence-electron chi connectivity index (χ1n) is 6.79. The van der Waals surface area contributed by atoms with Gasteiger partial charge in [-0.1, -0.05) is 24.3 Å². The second-order valence-electron chi connectivity index (χ2n) is 5.10. The summed E-state index contributed by atoms with van der Waals surface area (Å²) in [7, 11) is 0. The Balaban J connectivity index is 1.97. The molecule has 4 N–H and O–H groups in total. The van der Waals surface area contributed by atoms with E-state index in [0.29, 0.717) is 0 Å². The maximum Gasteiger partial charge on any atom is 0.0928 e. The molecule has 0 aliphatic carbocycles. The number of nitrogens with zero attached hydrogens (tertiary/aromatic N) is 1. The standard InChI is InChI=1S/C17H17N3O/c1-11-7-17-14(9-15(11)18)16(19-20-17)6-5-12-3-2-4-13(8-12)10-21/h2-9,21H,10,18H2,1H3,(H,19,20). The van der Waals surface area contributed by atoms with Crippen molar-refractivity contribution >= 4 is 28.7 Å². The lowest BCUT2D eigenvalue weighted by Crippen LogP contribution is -1.88. The minimum Gasteiger partial charge on any atom is -0.398 e. The topological polar surface area (TPSA) is 74.9 Å². The monoisotopic (exact) mass is 279 g/mol. The third kappa shape index (κ3) is 2.66. The van der Waals surface area contributed by atoms with Gasteiger partial charge in [0.1, 0.15) is 0 Å². The number of nitrogen functional groups attached to an aromatic ring is 1. The zero-order valence-electron chi connectivity index (χ0n) is 11.8. The average molecular weight is 279 g/mol. The zero-order valence-corrected chi connectivity index (χ0v) is 11.8. The van der Waals surface area contributed by atoms with Crippen LogP contribution in [0.2, 0.25) is 0 Å². The van der Waals surface area contributed by atoms with Crippen LogP contribution >= 0.6 is 0 Å². The summed E-state index contributed by atoms with van der Waals surface area (Å²) in [6, 6.07) is 11.7. The Morgan fingerprint density at radius 2 is 2.10 bits per heavy atom. The summed E-state index contributed by atoms with van der Waals surface area (Å²) >= 11 is 0. The molecule has 0 saturated carbocycles. The molecule has 0 aliphatic rings. The maximum absolute atomic E-state index is 9.16. The molecular weight excluding hydrogens is 262 g/mol. The molecule has 0 bridgehead atoms. The van der Waals surface area contributed by atoms with E-state index >= 15 is 0 Å². The van der Waals surface area contributed by atoms with Gasteiger partial charge in [0.25, 0.3) is 0 Å². The van der Waals surface area contributed by atoms with Crippen molar-refractivity contribution in [3.8, 4) is 0 Å². The van der Waals surface area contributed by atoms with Crippen molar-refractivity contribution in [2.45, 2.75) is 13.5 Å². The average Bonchev–Trinajstić information content (AvgIpc) is 2.88. The van der Waals surface area contributed by atoms with Gasteiger partial charge in [-0.15, -0.1) is 0 Å². The third-order valence-corrected chi connectivity index (χ3v) is 3.55. The molecule has 4 heteroatoms. The van der Waals surface area contributed by atoms with Crippen molar-refractivity contribution in [1.29, 1.82) is 0 Å². The molecule has 0 atom stereocenters. The fourth-order valence-corrected chi connectivity index (χ4v) is 2.31. The minimum atomic E-state index is 0.0445. The number of H-pyrrole nitrogens is 1. The summed E-state index contributed by atoms with van der Waals surface area (Å²) in [6.07, 6.45) is 3.93. The molecular formula is C17H17N3O. The van der Waals surface area contributed by atoms with Crippen LogP contribution in [0.3, 0.4) is 0 Å². The Morgan fingerprint density at radius 1 is 1.24 bits per heavy atom. The van der Waals surface area contributed by atoms with Gasteiger partial charge in [-0.25, -0.2) is 0 Å². The molecule has 0 fully saturated rings. The molecule has 0 saturated heterocycles. The van der Waals surface area contributed by atoms with Gasteiger partial charge in [0.2, 0.25) is 0 Å². The quantitative estimate of drug-likeness (QED) is 0.645. The number of rotatable bonds is 3. The normalized spacial score (nSPS) is 11.5. The number of aryl methyl sites for hydroxylation is 1. The van der Waals surface area contributed by atoms with E-state index < -0.39 is 0 Å². The van der Waals surface area contributed by atoms with Gasteiger partial charge < -0.3 is 10.8 Å². The van der Waals surface area contributed by atoms with Crippen LogP contribution in [0.5, 0.6) is 0 Å². The Morgan fingerprint density at radius 3 is 2.90 bits per heavy atom. The number of hydrogen-bond donors (Lipinski definition) is 3. The number of benzene rings is 2. The Hall–Kier alpha value is -2.59. The first-order valence-corrected chi connectivity index (χ1v) is 6.79. The molecule has 21 heavy (non-hydrogen) atoms. The molecule has 0 spiro atoms. The van der Waals surface area contributed by atoms with Crippen LogP contribution in [0.4, 0.5) is 5.69 Å². The second kappa shape index (κ2) is 5.42. The Labute approximate surface area is 122 Å². The number of aromatic amines is 1. The first-order chi connectivity index (χ1) is 10.2. The molecule has 0 radical (unpaired) electrons. The van der Waals surface area contributed by atoms with Gasteiger partial charge in [0.05, 0.1) is 17.8 Å². The summed E-state index contributed by atoms with van der Waals surface area (Å²) in [5.41, 5.74) is 11.5. The van der Waals surface area contributed by atoms with Crippen LogP contribution in [0, 0.1) is 6.92 Å². The second-order valence-corrected chi connectivity index (χ2v) is 5.10. The predicted octanol–water partition coefficient (Wildman–Crippen LogP) is 3.12. The molecule has 1 heterocycles. The molecule has 0 amide bonds. The Kier molecular flexibility index (Phi) is 3.46. The SMILES string of the molecule is Cc1cc2[nH]nc(C=Cc3cccc(CO)c3)c2cc1N. The number of nitrogens with two attached hydrogens (primary N) is 1. The number of aliphatic hydroxyl groups excluding tert-OH is 1. The van der Waals surface area contributed by atoms with E-state index in [1.807, 2.05) is 55.5 Å². The fourth-order valence-electron chi connectivity index (χ4n) is 2.31. The van der Waals surface area contributed by atoms with Gasteiger partial charge in [0.15, 0.2) is 0 Å². The smallest absolute Gasteiger partial charge is 0.0928 e. The van der Waals surface area contributed by atoms with Gasteiger partial charge in [0, 0.05) is 11.1 Å². The highest BCUT2D eigenvalue weighted by molar-refractivity contribution is 5.92. The molecule has 3 aromatic rings. The van der Waals surface area contributed by atoms with Gasteiger partial charge in [-0.2, -0.15) is 5.10 Å². The van der Waals surface area contributed by atoms with Crippen LogP contribution < -0.4 is 5.73 Å². The lowest BCUT2D eigenvalue weighted by atomic mass is 10.1. The van der Waals surface area contributed by atoms with Crippen molar-refractivity contribution in [2.24, 2.45) is 0 Å². The Bertz CT molecular complexity index is 818. The third-order valence-electron chi connectivity index (χ3n) is 3.55. The number of aromatic nitrogens is 2. The van der Waals surface area contributed by atoms with Crippen molar-refractivity contribution < 1.29 is 5.11 Å². The van der Waals surface area contributed by atoms with E-state index in [9.17, 15) is 0 Å². The van der Waals surface area contributed by atoms with Crippen molar-refractivity contribution in [3.63, 3.8) is 0 Å². The molecule has 1 aromatic heterocycles. The highest BCUT2D eigenvalue weighted by atomic mass is 16.3.